The van der Waals surface area contributed by atoms with E-state index < -0.39 is 0 Å². The highest BCUT2D eigenvalue weighted by atomic mass is 16.5. The van der Waals surface area contributed by atoms with Crippen molar-refractivity contribution >= 4 is 16.9 Å². The number of aromatic nitrogens is 3. The molecule has 1 aromatic carbocycles. The number of ether oxygens (including phenoxy) is 1. The van der Waals surface area contributed by atoms with Crippen LogP contribution in [0.15, 0.2) is 42.6 Å². The summed E-state index contributed by atoms with van der Waals surface area (Å²) in [5.74, 6) is 2.01. The average molecular weight is 393 g/mol. The molecule has 0 aliphatic carbocycles. The summed E-state index contributed by atoms with van der Waals surface area (Å²) < 4.78 is 8.23. The molecule has 2 aromatic heterocycles. The van der Waals surface area contributed by atoms with Crippen LogP contribution in [0.2, 0.25) is 0 Å². The number of para-hydroxylation sites is 2. The van der Waals surface area contributed by atoms with Crippen LogP contribution in [-0.2, 0) is 11.3 Å². The van der Waals surface area contributed by atoms with Crippen LogP contribution in [0.1, 0.15) is 47.5 Å². The van der Waals surface area contributed by atoms with Gasteiger partial charge >= 0.3 is 0 Å². The summed E-state index contributed by atoms with van der Waals surface area (Å²) in [6.45, 7) is 12.2. The Hall–Kier alpha value is -2.40. The fourth-order valence-corrected chi connectivity index (χ4v) is 4.28. The maximum Gasteiger partial charge on any atom is 0.142 e. The van der Waals surface area contributed by atoms with Gasteiger partial charge in [-0.15, -0.1) is 0 Å². The summed E-state index contributed by atoms with van der Waals surface area (Å²) in [5.41, 5.74) is 3.03. The molecular weight excluding hydrogens is 360 g/mol. The standard InChI is InChI=1S/C24H32N4O/c1-17-10-11-18(2)28(17)22-13-12-19(16-25-22)23-26-20-8-6-7-9-21(20)27(23)14-15-29-24(3,4)5/h6-9,12-13,16-18H,10-11,14-15H2,1-5H3/t17-,18+. The van der Waals surface area contributed by atoms with Gasteiger partial charge in [-0.1, -0.05) is 12.1 Å². The number of imidazole rings is 1. The van der Waals surface area contributed by atoms with E-state index in [0.29, 0.717) is 18.7 Å². The van der Waals surface area contributed by atoms with Gasteiger partial charge in [0.1, 0.15) is 11.6 Å². The van der Waals surface area contributed by atoms with Crippen LogP contribution in [0.25, 0.3) is 22.4 Å². The summed E-state index contributed by atoms with van der Waals surface area (Å²) >= 11 is 0. The van der Waals surface area contributed by atoms with E-state index in [1.54, 1.807) is 0 Å². The molecule has 0 spiro atoms. The molecule has 1 saturated heterocycles. The molecular formula is C24H32N4O. The van der Waals surface area contributed by atoms with Crippen molar-refractivity contribution < 1.29 is 4.74 Å². The minimum Gasteiger partial charge on any atom is -0.374 e. The number of nitrogens with zero attached hydrogens (tertiary/aromatic N) is 4. The van der Waals surface area contributed by atoms with Crippen LogP contribution in [0.5, 0.6) is 0 Å². The van der Waals surface area contributed by atoms with Gasteiger partial charge in [0.15, 0.2) is 0 Å². The first-order valence-corrected chi connectivity index (χ1v) is 10.7. The van der Waals surface area contributed by atoms with Gasteiger partial charge in [-0.3, -0.25) is 0 Å². The molecule has 1 aliphatic rings. The lowest BCUT2D eigenvalue weighted by Crippen LogP contribution is -2.33. The molecule has 5 nitrogen and oxygen atoms in total. The second-order valence-corrected chi connectivity index (χ2v) is 9.12. The minimum atomic E-state index is -0.150. The molecule has 2 atom stereocenters. The van der Waals surface area contributed by atoms with Crippen molar-refractivity contribution in [2.45, 2.75) is 71.7 Å². The Morgan fingerprint density at radius 1 is 1.03 bits per heavy atom. The van der Waals surface area contributed by atoms with Gasteiger partial charge in [0.25, 0.3) is 0 Å². The number of fused-ring (bicyclic) bond motifs is 1. The Kier molecular flexibility index (Phi) is 5.34. The number of anilines is 1. The number of rotatable bonds is 5. The fraction of sp³-hybridized carbons (Fsp3) is 0.500. The first kappa shape index (κ1) is 19.9. The van der Waals surface area contributed by atoms with E-state index >= 15 is 0 Å². The Balaban J connectivity index is 1.65. The SMILES string of the molecule is C[C@@H]1CC[C@H](C)N1c1ccc(-c2nc3ccccc3n2CCOC(C)(C)C)cn1. The molecule has 5 heteroatoms. The topological polar surface area (TPSA) is 43.2 Å². The molecule has 0 saturated carbocycles. The second kappa shape index (κ2) is 7.79. The summed E-state index contributed by atoms with van der Waals surface area (Å²) in [4.78, 5) is 12.2. The average Bonchev–Trinajstić information content (AvgIpc) is 3.21. The zero-order valence-corrected chi connectivity index (χ0v) is 18.2. The third kappa shape index (κ3) is 4.15. The Labute approximate surface area is 173 Å². The lowest BCUT2D eigenvalue weighted by atomic mass is 10.2. The zero-order valence-electron chi connectivity index (χ0n) is 18.2. The maximum absolute atomic E-state index is 5.98. The highest BCUT2D eigenvalue weighted by molar-refractivity contribution is 5.80. The zero-order chi connectivity index (χ0) is 20.6. The van der Waals surface area contributed by atoms with Crippen molar-refractivity contribution in [1.29, 1.82) is 0 Å². The van der Waals surface area contributed by atoms with Crippen LogP contribution in [0.4, 0.5) is 5.82 Å². The van der Waals surface area contributed by atoms with Gasteiger partial charge in [0, 0.05) is 30.4 Å². The van der Waals surface area contributed by atoms with Gasteiger partial charge in [-0.25, -0.2) is 9.97 Å². The summed E-state index contributed by atoms with van der Waals surface area (Å²) in [7, 11) is 0. The predicted octanol–water partition coefficient (Wildman–Crippen LogP) is 5.29. The summed E-state index contributed by atoms with van der Waals surface area (Å²) in [6.07, 6.45) is 4.43. The van der Waals surface area contributed by atoms with Gasteiger partial charge in [-0.2, -0.15) is 0 Å². The molecule has 0 unspecified atom stereocenters. The molecule has 3 aromatic rings. The van der Waals surface area contributed by atoms with Crippen molar-refractivity contribution in [3.63, 3.8) is 0 Å². The molecule has 0 N–H and O–H groups in total. The molecule has 0 bridgehead atoms. The molecule has 1 aliphatic heterocycles. The van der Waals surface area contributed by atoms with E-state index in [4.69, 9.17) is 14.7 Å². The van der Waals surface area contributed by atoms with Crippen LogP contribution >= 0.6 is 0 Å². The number of pyridine rings is 1. The monoisotopic (exact) mass is 392 g/mol. The largest absolute Gasteiger partial charge is 0.374 e. The van der Waals surface area contributed by atoms with Crippen LogP contribution in [0.3, 0.4) is 0 Å². The van der Waals surface area contributed by atoms with E-state index in [-0.39, 0.29) is 5.60 Å². The van der Waals surface area contributed by atoms with Gasteiger partial charge in [-0.05, 0) is 71.7 Å². The quantitative estimate of drug-likeness (QED) is 0.592. The maximum atomic E-state index is 5.98. The van der Waals surface area contributed by atoms with Crippen molar-refractivity contribution in [2.24, 2.45) is 0 Å². The van der Waals surface area contributed by atoms with Gasteiger partial charge < -0.3 is 14.2 Å². The third-order valence-electron chi connectivity index (χ3n) is 5.73. The normalized spacial score (nSPS) is 20.0. The van der Waals surface area contributed by atoms with Gasteiger partial charge in [0.2, 0.25) is 0 Å². The summed E-state index contributed by atoms with van der Waals surface area (Å²) in [5, 5.41) is 0. The highest BCUT2D eigenvalue weighted by Crippen LogP contribution is 2.31. The van der Waals surface area contributed by atoms with Crippen molar-refractivity contribution in [3.05, 3.63) is 42.6 Å². The molecule has 0 radical (unpaired) electrons. The Morgan fingerprint density at radius 2 is 1.76 bits per heavy atom. The predicted molar refractivity (Wildman–Crippen MR) is 119 cm³/mol. The number of hydrogen-bond acceptors (Lipinski definition) is 4. The van der Waals surface area contributed by atoms with E-state index in [1.165, 1.54) is 12.8 Å². The number of benzene rings is 1. The lowest BCUT2D eigenvalue weighted by molar-refractivity contribution is -0.00635. The third-order valence-corrected chi connectivity index (χ3v) is 5.73. The Morgan fingerprint density at radius 3 is 2.41 bits per heavy atom. The van der Waals surface area contributed by atoms with E-state index in [1.807, 2.05) is 12.3 Å². The van der Waals surface area contributed by atoms with Crippen molar-refractivity contribution in [1.82, 2.24) is 14.5 Å². The van der Waals surface area contributed by atoms with Crippen LogP contribution < -0.4 is 4.90 Å². The first-order valence-electron chi connectivity index (χ1n) is 10.7. The lowest BCUT2D eigenvalue weighted by Gasteiger charge is -2.27. The smallest absolute Gasteiger partial charge is 0.142 e. The van der Waals surface area contributed by atoms with Crippen molar-refractivity contribution in [2.75, 3.05) is 11.5 Å². The van der Waals surface area contributed by atoms with Crippen LogP contribution in [-0.4, -0.2) is 38.8 Å². The van der Waals surface area contributed by atoms with E-state index in [0.717, 1.165) is 34.8 Å². The highest BCUT2D eigenvalue weighted by Gasteiger charge is 2.28. The van der Waals surface area contributed by atoms with Crippen LogP contribution in [0, 0.1) is 0 Å². The molecule has 0 amide bonds. The summed E-state index contributed by atoms with van der Waals surface area (Å²) in [6, 6.07) is 13.7. The van der Waals surface area contributed by atoms with Gasteiger partial charge in [0.05, 0.1) is 23.2 Å². The molecule has 1 fully saturated rings. The molecule has 3 heterocycles. The molecule has 29 heavy (non-hydrogen) atoms. The minimum absolute atomic E-state index is 0.150. The first-order chi connectivity index (χ1) is 13.8. The number of hydrogen-bond donors (Lipinski definition) is 0. The fourth-order valence-electron chi connectivity index (χ4n) is 4.28. The second-order valence-electron chi connectivity index (χ2n) is 9.12. The molecule has 154 valence electrons. The van der Waals surface area contributed by atoms with E-state index in [9.17, 15) is 0 Å². The Bertz CT molecular complexity index is 961. The van der Waals surface area contributed by atoms with E-state index in [2.05, 4.69) is 74.4 Å². The molecule has 4 rings (SSSR count). The van der Waals surface area contributed by atoms with Crippen molar-refractivity contribution in [3.8, 4) is 11.4 Å².